The van der Waals surface area contributed by atoms with Crippen LogP contribution in [0.25, 0.3) is 0 Å². The highest BCUT2D eigenvalue weighted by Gasteiger charge is 2.34. The summed E-state index contributed by atoms with van der Waals surface area (Å²) in [5.74, 6) is 0.00155. The number of benzene rings is 1. The van der Waals surface area contributed by atoms with E-state index in [1.165, 1.54) is 12.1 Å². The van der Waals surface area contributed by atoms with Crippen molar-refractivity contribution in [1.82, 2.24) is 5.32 Å². The molecule has 0 aliphatic heterocycles. The molecule has 0 saturated heterocycles. The number of rotatable bonds is 9. The van der Waals surface area contributed by atoms with Crippen LogP contribution in [0, 0.1) is 0 Å². The number of nitrogens with zero attached hydrogens (tertiary/aromatic N) is 1. The summed E-state index contributed by atoms with van der Waals surface area (Å²) >= 11 is 3.02. The first-order valence-corrected chi connectivity index (χ1v) is 8.25. The second kappa shape index (κ2) is 12.6. The molecule has 5 nitrogen and oxygen atoms in total. The lowest BCUT2D eigenvalue weighted by atomic mass is 10.2. The standard InChI is InChI=1S/C15H21BrF3N3O2.HI/c1-2-23-8-3-6-21-14(20)22-7-9-24-13-5-4-11(16)10-12(13)15(17,18)19;/h4-5,10H,2-3,6-9H2,1H3,(H3,20,21,22);1H. The van der Waals surface area contributed by atoms with Crippen molar-refractivity contribution in [1.29, 1.82) is 0 Å². The van der Waals surface area contributed by atoms with Crippen LogP contribution in [0.3, 0.4) is 0 Å². The third kappa shape index (κ3) is 10.1. The van der Waals surface area contributed by atoms with Gasteiger partial charge >= 0.3 is 6.18 Å². The molecule has 0 fully saturated rings. The van der Waals surface area contributed by atoms with Crippen LogP contribution in [-0.2, 0) is 10.9 Å². The molecule has 0 atom stereocenters. The Morgan fingerprint density at radius 2 is 2.04 bits per heavy atom. The van der Waals surface area contributed by atoms with Crippen LogP contribution in [0.4, 0.5) is 13.2 Å². The topological polar surface area (TPSA) is 68.9 Å². The fraction of sp³-hybridized carbons (Fsp3) is 0.533. The van der Waals surface area contributed by atoms with Crippen LogP contribution in [0.15, 0.2) is 27.7 Å². The lowest BCUT2D eigenvalue weighted by Crippen LogP contribution is -2.35. The Morgan fingerprint density at radius 1 is 1.32 bits per heavy atom. The van der Waals surface area contributed by atoms with E-state index < -0.39 is 11.7 Å². The van der Waals surface area contributed by atoms with Gasteiger partial charge in [-0.2, -0.15) is 13.2 Å². The van der Waals surface area contributed by atoms with Crippen LogP contribution in [-0.4, -0.2) is 38.9 Å². The maximum Gasteiger partial charge on any atom is 0.420 e. The summed E-state index contributed by atoms with van der Waals surface area (Å²) in [7, 11) is 0. The van der Waals surface area contributed by atoms with Gasteiger partial charge in [-0.15, -0.1) is 24.0 Å². The molecule has 0 aliphatic carbocycles. The van der Waals surface area contributed by atoms with E-state index in [0.717, 1.165) is 12.5 Å². The van der Waals surface area contributed by atoms with Crippen molar-refractivity contribution in [2.45, 2.75) is 19.5 Å². The molecule has 3 N–H and O–H groups in total. The molecule has 10 heteroatoms. The predicted molar refractivity (Wildman–Crippen MR) is 106 cm³/mol. The number of guanidine groups is 1. The van der Waals surface area contributed by atoms with Crippen molar-refractivity contribution in [2.75, 3.05) is 32.9 Å². The molecular formula is C15H22BrF3IN3O2. The molecule has 0 amide bonds. The second-order valence-corrected chi connectivity index (χ2v) is 5.65. The highest BCUT2D eigenvalue weighted by molar-refractivity contribution is 14.0. The zero-order valence-electron chi connectivity index (χ0n) is 13.7. The molecule has 25 heavy (non-hydrogen) atoms. The highest BCUT2D eigenvalue weighted by Crippen LogP contribution is 2.37. The summed E-state index contributed by atoms with van der Waals surface area (Å²) in [6.45, 7) is 3.97. The zero-order chi connectivity index (χ0) is 18.0. The summed E-state index contributed by atoms with van der Waals surface area (Å²) in [5, 5.41) is 2.78. The summed E-state index contributed by atoms with van der Waals surface area (Å²) in [5.41, 5.74) is 4.82. The van der Waals surface area contributed by atoms with Gasteiger partial charge in [0.25, 0.3) is 0 Å². The van der Waals surface area contributed by atoms with Gasteiger partial charge in [-0.1, -0.05) is 15.9 Å². The monoisotopic (exact) mass is 539 g/mol. The number of halogens is 5. The Labute approximate surface area is 170 Å². The number of hydrogen-bond donors (Lipinski definition) is 2. The number of nitrogens with two attached hydrogens (primary N) is 1. The Bertz CT molecular complexity index is 545. The SMILES string of the molecule is CCOCCCN=C(N)NCCOc1ccc(Br)cc1C(F)(F)F.I. The Kier molecular flexibility index (Phi) is 12.2. The van der Waals surface area contributed by atoms with Gasteiger partial charge < -0.3 is 20.5 Å². The molecule has 1 rings (SSSR count). The number of aliphatic imine (C=N–C) groups is 1. The Balaban J connectivity index is 0.00000576. The lowest BCUT2D eigenvalue weighted by Gasteiger charge is -2.14. The highest BCUT2D eigenvalue weighted by atomic mass is 127. The van der Waals surface area contributed by atoms with Crippen molar-refractivity contribution in [3.05, 3.63) is 28.2 Å². The minimum Gasteiger partial charge on any atom is -0.491 e. The number of alkyl halides is 3. The maximum atomic E-state index is 12.9. The van der Waals surface area contributed by atoms with Gasteiger partial charge in [-0.3, -0.25) is 4.99 Å². The van der Waals surface area contributed by atoms with E-state index in [1.54, 1.807) is 0 Å². The molecule has 1 aromatic carbocycles. The van der Waals surface area contributed by atoms with Gasteiger partial charge in [-0.25, -0.2) is 0 Å². The van der Waals surface area contributed by atoms with Gasteiger partial charge in [0.05, 0.1) is 12.1 Å². The molecule has 0 aromatic heterocycles. The Morgan fingerprint density at radius 3 is 2.68 bits per heavy atom. The van der Waals surface area contributed by atoms with Crippen LogP contribution >= 0.6 is 39.9 Å². The number of ether oxygens (including phenoxy) is 2. The lowest BCUT2D eigenvalue weighted by molar-refractivity contribution is -0.139. The molecule has 0 bridgehead atoms. The van der Waals surface area contributed by atoms with E-state index in [2.05, 4.69) is 26.2 Å². The molecule has 0 spiro atoms. The fourth-order valence-corrected chi connectivity index (χ4v) is 2.12. The first-order chi connectivity index (χ1) is 11.3. The minimum absolute atomic E-state index is 0. The summed E-state index contributed by atoms with van der Waals surface area (Å²) in [6, 6.07) is 3.75. The van der Waals surface area contributed by atoms with E-state index in [9.17, 15) is 13.2 Å². The first-order valence-electron chi connectivity index (χ1n) is 7.45. The van der Waals surface area contributed by atoms with Gasteiger partial charge in [-0.05, 0) is 31.5 Å². The zero-order valence-corrected chi connectivity index (χ0v) is 17.7. The van der Waals surface area contributed by atoms with Gasteiger partial charge in [0.2, 0.25) is 0 Å². The summed E-state index contributed by atoms with van der Waals surface area (Å²) in [4.78, 5) is 4.07. The smallest absolute Gasteiger partial charge is 0.420 e. The molecule has 1 aromatic rings. The molecule has 0 unspecified atom stereocenters. The summed E-state index contributed by atoms with van der Waals surface area (Å²) in [6.07, 6.45) is -3.73. The van der Waals surface area contributed by atoms with Gasteiger partial charge in [0.1, 0.15) is 12.4 Å². The van der Waals surface area contributed by atoms with Crippen LogP contribution in [0.1, 0.15) is 18.9 Å². The second-order valence-electron chi connectivity index (χ2n) is 4.73. The first kappa shape index (κ1) is 24.2. The van der Waals surface area contributed by atoms with E-state index in [0.29, 0.717) is 24.2 Å². The van der Waals surface area contributed by atoms with Gasteiger partial charge in [0, 0.05) is 24.2 Å². The molecule has 0 radical (unpaired) electrons. The van der Waals surface area contributed by atoms with Crippen molar-refractivity contribution in [3.8, 4) is 5.75 Å². The summed E-state index contributed by atoms with van der Waals surface area (Å²) < 4.78 is 49.5. The minimum atomic E-state index is -4.48. The van der Waals surface area contributed by atoms with Crippen molar-refractivity contribution >= 4 is 45.9 Å². The third-order valence-corrected chi connectivity index (χ3v) is 3.34. The van der Waals surface area contributed by atoms with Crippen LogP contribution in [0.2, 0.25) is 0 Å². The van der Waals surface area contributed by atoms with Crippen LogP contribution < -0.4 is 15.8 Å². The van der Waals surface area contributed by atoms with Crippen LogP contribution in [0.5, 0.6) is 5.75 Å². The number of nitrogens with one attached hydrogen (secondary N) is 1. The van der Waals surface area contributed by atoms with E-state index >= 15 is 0 Å². The van der Waals surface area contributed by atoms with Crippen molar-refractivity contribution in [2.24, 2.45) is 10.7 Å². The number of hydrogen-bond acceptors (Lipinski definition) is 3. The predicted octanol–water partition coefficient (Wildman–Crippen LogP) is 3.80. The van der Waals surface area contributed by atoms with Crippen molar-refractivity contribution in [3.63, 3.8) is 0 Å². The molecule has 144 valence electrons. The van der Waals surface area contributed by atoms with Gasteiger partial charge in [0.15, 0.2) is 5.96 Å². The largest absolute Gasteiger partial charge is 0.491 e. The van der Waals surface area contributed by atoms with E-state index in [1.807, 2.05) is 6.92 Å². The molecule has 0 saturated carbocycles. The van der Waals surface area contributed by atoms with E-state index in [-0.39, 0.29) is 48.8 Å². The Hall–Kier alpha value is -0.750. The normalized spacial score (nSPS) is 11.8. The fourth-order valence-electron chi connectivity index (χ4n) is 1.76. The van der Waals surface area contributed by atoms with E-state index in [4.69, 9.17) is 15.2 Å². The van der Waals surface area contributed by atoms with Crippen molar-refractivity contribution < 1.29 is 22.6 Å². The average Bonchev–Trinajstić information content (AvgIpc) is 2.51. The maximum absolute atomic E-state index is 12.9. The molecular weight excluding hydrogens is 518 g/mol. The molecule has 0 heterocycles. The third-order valence-electron chi connectivity index (χ3n) is 2.85. The molecule has 0 aliphatic rings. The average molecular weight is 540 g/mol. The quantitative estimate of drug-likeness (QED) is 0.217.